The van der Waals surface area contributed by atoms with E-state index in [4.69, 9.17) is 15.0 Å². The normalized spacial score (nSPS) is 10.5. The summed E-state index contributed by atoms with van der Waals surface area (Å²) in [6.07, 6.45) is 0.889. The van der Waals surface area contributed by atoms with Crippen LogP contribution < -0.4 is 15.8 Å². The summed E-state index contributed by atoms with van der Waals surface area (Å²) in [5, 5.41) is 6.69. The quantitative estimate of drug-likeness (QED) is 0.800. The standard InChI is InChI=1S/C16H21N3O3/c1-4-7-18-16(20)12-5-6-15(14(17)8-12)21-9-13-10(2)19-22-11(13)3/h5-6,8H,4,7,9,17H2,1-3H3,(H,18,20). The summed E-state index contributed by atoms with van der Waals surface area (Å²) in [6, 6.07) is 5.02. The summed E-state index contributed by atoms with van der Waals surface area (Å²) >= 11 is 0. The van der Waals surface area contributed by atoms with E-state index in [9.17, 15) is 4.79 Å². The van der Waals surface area contributed by atoms with Crippen molar-refractivity contribution in [1.82, 2.24) is 10.5 Å². The number of nitrogens with zero attached hydrogens (tertiary/aromatic N) is 1. The maximum absolute atomic E-state index is 11.9. The highest BCUT2D eigenvalue weighted by Gasteiger charge is 2.12. The molecule has 1 aromatic heterocycles. The van der Waals surface area contributed by atoms with Gasteiger partial charge in [0.1, 0.15) is 18.1 Å². The smallest absolute Gasteiger partial charge is 0.251 e. The second-order valence-electron chi connectivity index (χ2n) is 5.10. The number of aromatic nitrogens is 1. The predicted octanol–water partition coefficient (Wildman–Crippen LogP) is 2.59. The van der Waals surface area contributed by atoms with Crippen LogP contribution in [0.5, 0.6) is 5.75 Å². The van der Waals surface area contributed by atoms with Crippen molar-refractivity contribution >= 4 is 11.6 Å². The van der Waals surface area contributed by atoms with Crippen molar-refractivity contribution in [3.63, 3.8) is 0 Å². The van der Waals surface area contributed by atoms with Gasteiger partial charge in [-0.05, 0) is 38.5 Å². The first kappa shape index (κ1) is 15.9. The Kier molecular flexibility index (Phi) is 5.04. The van der Waals surface area contributed by atoms with Gasteiger partial charge in [-0.15, -0.1) is 0 Å². The average Bonchev–Trinajstić information content (AvgIpc) is 2.82. The van der Waals surface area contributed by atoms with Crippen LogP contribution in [0.1, 0.15) is 40.7 Å². The molecule has 2 rings (SSSR count). The molecule has 2 aromatic rings. The van der Waals surface area contributed by atoms with Crippen molar-refractivity contribution in [1.29, 1.82) is 0 Å². The molecule has 0 aliphatic carbocycles. The van der Waals surface area contributed by atoms with Gasteiger partial charge < -0.3 is 20.3 Å². The van der Waals surface area contributed by atoms with Gasteiger partial charge >= 0.3 is 0 Å². The van der Waals surface area contributed by atoms with Gasteiger partial charge in [-0.25, -0.2) is 0 Å². The van der Waals surface area contributed by atoms with Crippen LogP contribution >= 0.6 is 0 Å². The molecular weight excluding hydrogens is 282 g/mol. The van der Waals surface area contributed by atoms with E-state index in [1.807, 2.05) is 20.8 Å². The zero-order chi connectivity index (χ0) is 16.1. The number of hydrogen-bond acceptors (Lipinski definition) is 5. The number of nitrogens with two attached hydrogens (primary N) is 1. The molecule has 0 atom stereocenters. The molecule has 0 fully saturated rings. The first-order valence-electron chi connectivity index (χ1n) is 7.25. The SMILES string of the molecule is CCCNC(=O)c1ccc(OCc2c(C)noc2C)c(N)c1. The van der Waals surface area contributed by atoms with Gasteiger partial charge in [0.05, 0.1) is 16.9 Å². The molecule has 118 valence electrons. The zero-order valence-electron chi connectivity index (χ0n) is 13.1. The molecule has 0 aliphatic heterocycles. The lowest BCUT2D eigenvalue weighted by atomic mass is 10.1. The number of rotatable bonds is 6. The van der Waals surface area contributed by atoms with Crippen LogP contribution in [0.25, 0.3) is 0 Å². The number of hydrogen-bond donors (Lipinski definition) is 2. The number of amides is 1. The minimum absolute atomic E-state index is 0.133. The van der Waals surface area contributed by atoms with E-state index < -0.39 is 0 Å². The molecular formula is C16H21N3O3. The summed E-state index contributed by atoms with van der Waals surface area (Å²) in [5.41, 5.74) is 8.61. The lowest BCUT2D eigenvalue weighted by Crippen LogP contribution is -2.24. The van der Waals surface area contributed by atoms with E-state index in [0.29, 0.717) is 30.2 Å². The van der Waals surface area contributed by atoms with Gasteiger partial charge in [-0.1, -0.05) is 12.1 Å². The lowest BCUT2D eigenvalue weighted by molar-refractivity contribution is 0.0953. The summed E-state index contributed by atoms with van der Waals surface area (Å²) in [4.78, 5) is 11.9. The molecule has 1 aromatic carbocycles. The van der Waals surface area contributed by atoms with Crippen molar-refractivity contribution in [3.8, 4) is 5.75 Å². The summed E-state index contributed by atoms with van der Waals surface area (Å²) in [6.45, 7) is 6.67. The Hall–Kier alpha value is -2.50. The number of carbonyl (C=O) groups excluding carboxylic acids is 1. The van der Waals surface area contributed by atoms with Crippen molar-refractivity contribution in [2.24, 2.45) is 0 Å². The maximum atomic E-state index is 11.9. The van der Waals surface area contributed by atoms with E-state index in [2.05, 4.69) is 10.5 Å². The van der Waals surface area contributed by atoms with E-state index in [1.54, 1.807) is 18.2 Å². The highest BCUT2D eigenvalue weighted by molar-refractivity contribution is 5.95. The number of benzene rings is 1. The number of anilines is 1. The van der Waals surface area contributed by atoms with Crippen LogP contribution in [0.4, 0.5) is 5.69 Å². The van der Waals surface area contributed by atoms with Gasteiger partial charge in [0, 0.05) is 12.1 Å². The topological polar surface area (TPSA) is 90.4 Å². The van der Waals surface area contributed by atoms with Crippen LogP contribution in [0.2, 0.25) is 0 Å². The fraction of sp³-hybridized carbons (Fsp3) is 0.375. The highest BCUT2D eigenvalue weighted by atomic mass is 16.5. The monoisotopic (exact) mass is 303 g/mol. The third-order valence-electron chi connectivity index (χ3n) is 3.36. The molecule has 6 nitrogen and oxygen atoms in total. The molecule has 22 heavy (non-hydrogen) atoms. The minimum atomic E-state index is -0.133. The fourth-order valence-corrected chi connectivity index (χ4v) is 2.02. The Labute approximate surface area is 129 Å². The molecule has 0 bridgehead atoms. The van der Waals surface area contributed by atoms with Gasteiger partial charge in [0.25, 0.3) is 5.91 Å². The molecule has 6 heteroatoms. The van der Waals surface area contributed by atoms with Crippen LogP contribution in [-0.2, 0) is 6.61 Å². The third-order valence-corrected chi connectivity index (χ3v) is 3.36. The Morgan fingerprint density at radius 2 is 2.18 bits per heavy atom. The van der Waals surface area contributed by atoms with E-state index >= 15 is 0 Å². The minimum Gasteiger partial charge on any atom is -0.487 e. The highest BCUT2D eigenvalue weighted by Crippen LogP contribution is 2.24. The van der Waals surface area contributed by atoms with Crippen molar-refractivity contribution in [2.45, 2.75) is 33.8 Å². The number of nitrogen functional groups attached to an aromatic ring is 1. The molecule has 0 aliphatic rings. The van der Waals surface area contributed by atoms with Crippen LogP contribution in [0.3, 0.4) is 0 Å². The predicted molar refractivity (Wildman–Crippen MR) is 83.8 cm³/mol. The zero-order valence-corrected chi connectivity index (χ0v) is 13.1. The van der Waals surface area contributed by atoms with Gasteiger partial charge in [0.15, 0.2) is 0 Å². The Morgan fingerprint density at radius 1 is 1.41 bits per heavy atom. The lowest BCUT2D eigenvalue weighted by Gasteiger charge is -2.10. The molecule has 0 unspecified atom stereocenters. The summed E-state index contributed by atoms with van der Waals surface area (Å²) in [7, 11) is 0. The number of ether oxygens (including phenoxy) is 1. The van der Waals surface area contributed by atoms with Crippen molar-refractivity contribution in [2.75, 3.05) is 12.3 Å². The Morgan fingerprint density at radius 3 is 2.77 bits per heavy atom. The summed E-state index contributed by atoms with van der Waals surface area (Å²) < 4.78 is 10.8. The number of aryl methyl sites for hydroxylation is 2. The van der Waals surface area contributed by atoms with Crippen LogP contribution in [0.15, 0.2) is 22.7 Å². The van der Waals surface area contributed by atoms with E-state index in [-0.39, 0.29) is 5.91 Å². The average molecular weight is 303 g/mol. The molecule has 0 spiro atoms. The first-order valence-corrected chi connectivity index (χ1v) is 7.25. The van der Waals surface area contributed by atoms with E-state index in [0.717, 1.165) is 23.4 Å². The maximum Gasteiger partial charge on any atom is 0.251 e. The molecule has 3 N–H and O–H groups in total. The van der Waals surface area contributed by atoms with E-state index in [1.165, 1.54) is 0 Å². The third kappa shape index (κ3) is 3.58. The van der Waals surface area contributed by atoms with Crippen molar-refractivity contribution in [3.05, 3.63) is 40.8 Å². The van der Waals surface area contributed by atoms with Gasteiger partial charge in [0.2, 0.25) is 0 Å². The molecule has 1 heterocycles. The number of carbonyl (C=O) groups is 1. The Balaban J connectivity index is 2.05. The second-order valence-corrected chi connectivity index (χ2v) is 5.10. The fourth-order valence-electron chi connectivity index (χ4n) is 2.02. The van der Waals surface area contributed by atoms with Crippen molar-refractivity contribution < 1.29 is 14.1 Å². The van der Waals surface area contributed by atoms with Crippen LogP contribution in [-0.4, -0.2) is 17.6 Å². The number of nitrogens with one attached hydrogen (secondary N) is 1. The molecule has 0 saturated heterocycles. The second kappa shape index (κ2) is 6.98. The summed E-state index contributed by atoms with van der Waals surface area (Å²) in [5.74, 6) is 1.13. The Bertz CT molecular complexity index is 645. The van der Waals surface area contributed by atoms with Crippen LogP contribution in [0, 0.1) is 13.8 Å². The van der Waals surface area contributed by atoms with Gasteiger partial charge in [-0.2, -0.15) is 0 Å². The van der Waals surface area contributed by atoms with Gasteiger partial charge in [-0.3, -0.25) is 4.79 Å². The largest absolute Gasteiger partial charge is 0.487 e. The molecule has 0 saturated carbocycles. The first-order chi connectivity index (χ1) is 10.5. The molecule has 1 amide bonds. The molecule has 0 radical (unpaired) electrons.